The molecule has 0 unspecified atom stereocenters. The molecule has 1 aromatic heterocycles. The second-order valence-corrected chi connectivity index (χ2v) is 16.2. The maximum absolute atomic E-state index is 9.48. The van der Waals surface area contributed by atoms with Gasteiger partial charge in [0.25, 0.3) is 5.01 Å². The lowest BCUT2D eigenvalue weighted by Gasteiger charge is -2.28. The van der Waals surface area contributed by atoms with Gasteiger partial charge in [0, 0.05) is 45.0 Å². The Morgan fingerprint density at radius 1 is 0.850 bits per heavy atom. The molecule has 1 aliphatic heterocycles. The van der Waals surface area contributed by atoms with Crippen LogP contribution in [-0.4, -0.2) is 34.6 Å². The van der Waals surface area contributed by atoms with Gasteiger partial charge in [-0.3, -0.25) is 4.89 Å². The van der Waals surface area contributed by atoms with Gasteiger partial charge in [0.1, 0.15) is 22.7 Å². The Morgan fingerprint density at radius 2 is 1.45 bits per heavy atom. The molecule has 16 heteroatoms. The van der Waals surface area contributed by atoms with Crippen LogP contribution >= 0.6 is 114 Å². The first-order chi connectivity index (χ1) is 29.2. The molecule has 7 rings (SSSR count). The van der Waals surface area contributed by atoms with E-state index in [0.717, 1.165) is 48.8 Å². The number of aryl methyl sites for hydroxylation is 1. The van der Waals surface area contributed by atoms with Gasteiger partial charge in [0.15, 0.2) is 0 Å². The number of thiazole rings is 1. The zero-order chi connectivity index (χ0) is 43.8. The maximum Gasteiger partial charge on any atom is 0.399 e. The number of fused-ring (bicyclic) bond motifs is 2. The lowest BCUT2D eigenvalue weighted by atomic mass is 10.1. The summed E-state index contributed by atoms with van der Waals surface area (Å²) in [5.41, 5.74) is 8.11. The van der Waals surface area contributed by atoms with Crippen LogP contribution in [0, 0.1) is 0 Å². The molecule has 0 saturated carbocycles. The molecule has 5 aromatic rings. The van der Waals surface area contributed by atoms with Crippen LogP contribution in [0.2, 0.25) is 10.0 Å². The van der Waals surface area contributed by atoms with E-state index in [2.05, 4.69) is 156 Å². The van der Waals surface area contributed by atoms with E-state index >= 15 is 0 Å². The molecule has 60 heavy (non-hydrogen) atoms. The second-order valence-electron chi connectivity index (χ2n) is 12.3. The number of anilines is 3. The molecule has 0 bridgehead atoms. The highest BCUT2D eigenvalue weighted by Gasteiger charge is 2.28. The van der Waals surface area contributed by atoms with Crippen LogP contribution in [0.1, 0.15) is 31.7 Å². The van der Waals surface area contributed by atoms with E-state index < -0.39 is 3.98 Å². The number of thioether (sulfide) groups is 1. The summed E-state index contributed by atoms with van der Waals surface area (Å²) in [5, 5.41) is 15.3. The van der Waals surface area contributed by atoms with Crippen molar-refractivity contribution in [2.24, 2.45) is 0 Å². The number of ether oxygens (including phenoxy) is 2. The zero-order valence-electron chi connectivity index (χ0n) is 33.7. The van der Waals surface area contributed by atoms with Crippen molar-refractivity contribution in [3.63, 3.8) is 0 Å². The molecule has 2 heterocycles. The van der Waals surface area contributed by atoms with Crippen molar-refractivity contribution in [1.82, 2.24) is 0 Å². The van der Waals surface area contributed by atoms with Gasteiger partial charge in [-0.05, 0) is 133 Å². The molecule has 4 aromatic carbocycles. The Kier molecular flexibility index (Phi) is 21.3. The van der Waals surface area contributed by atoms with E-state index in [4.69, 9.17) is 37.9 Å². The van der Waals surface area contributed by atoms with Gasteiger partial charge >= 0.3 is 3.98 Å². The van der Waals surface area contributed by atoms with Crippen LogP contribution in [-0.2, 0) is 16.5 Å². The van der Waals surface area contributed by atoms with E-state index in [1.54, 1.807) is 37.3 Å². The minimum absolute atomic E-state index is 0.699. The molecule has 0 radical (unpaired) electrons. The summed E-state index contributed by atoms with van der Waals surface area (Å²) < 4.78 is 13.9. The standard InChI is InChI=1S/C41H38Cl2N3O2S2.CHIO4.2CH3I/c1-5-44-35-25-33(47-3)19-21-37(35)49-39(44)23-9-27-7-8-28(10-24-40-45(6-2)36-26-34(48-4)20-22-38(36)50-40)41(27)46(31-15-11-29(42)12-16-31)32-17-13-30(43)14-18-32;2-1(3)5-6-4;2*1-2/h9-26H,5-8H2,1-4H3;4H;2*1H3/q+1;;;/p-1. The van der Waals surface area contributed by atoms with E-state index in [1.165, 1.54) is 70.3 Å². The van der Waals surface area contributed by atoms with Crippen molar-refractivity contribution >= 4 is 151 Å². The van der Waals surface area contributed by atoms with Gasteiger partial charge in [0.2, 0.25) is 5.52 Å². The summed E-state index contributed by atoms with van der Waals surface area (Å²) in [6, 6.07) is 28.7. The molecule has 0 amide bonds. The Balaban J connectivity index is 0.000000722. The van der Waals surface area contributed by atoms with Crippen molar-refractivity contribution in [3.8, 4) is 11.5 Å². The fourth-order valence-corrected chi connectivity index (χ4v) is 9.14. The van der Waals surface area contributed by atoms with Crippen LogP contribution in [0.15, 0.2) is 130 Å². The largest absolute Gasteiger partial charge is 0.681 e. The topological polar surface area (TPSA) is 87.4 Å². The third kappa shape index (κ3) is 12.8. The summed E-state index contributed by atoms with van der Waals surface area (Å²) in [7, 11) is 3.43. The smallest absolute Gasteiger partial charge is 0.399 e. The third-order valence-corrected chi connectivity index (χ3v) is 12.1. The molecule has 0 fully saturated rings. The van der Waals surface area contributed by atoms with Crippen molar-refractivity contribution < 1.29 is 34.0 Å². The number of halogens is 5. The minimum Gasteiger partial charge on any atom is -0.681 e. The summed E-state index contributed by atoms with van der Waals surface area (Å²) >= 11 is 22.0. The van der Waals surface area contributed by atoms with Crippen molar-refractivity contribution in [2.45, 2.75) is 38.1 Å². The number of allylic oxidation sites excluding steroid dienone is 5. The number of hydrogen-bond acceptors (Lipinski definition) is 10. The van der Waals surface area contributed by atoms with Gasteiger partial charge in [-0.15, -0.1) is 0 Å². The normalized spacial score (nSPS) is 14.3. The predicted molar refractivity (Wildman–Crippen MR) is 274 cm³/mol. The number of carbonyl (C=O) groups excluding carboxylic acids is 1. The van der Waals surface area contributed by atoms with Crippen LogP contribution in [0.25, 0.3) is 16.3 Å². The lowest BCUT2D eigenvalue weighted by Crippen LogP contribution is -2.33. The van der Waals surface area contributed by atoms with E-state index in [0.29, 0.717) is 10.0 Å². The summed E-state index contributed by atoms with van der Waals surface area (Å²) in [5.74, 6) is 1.73. The Hall–Kier alpha value is -2.56. The van der Waals surface area contributed by atoms with Gasteiger partial charge in [0.05, 0.1) is 59.3 Å². The summed E-state index contributed by atoms with van der Waals surface area (Å²) in [6.45, 7) is 6.10. The molecule has 318 valence electrons. The molecule has 0 N–H and O–H groups in total. The van der Waals surface area contributed by atoms with E-state index in [-0.39, 0.29) is 0 Å². The van der Waals surface area contributed by atoms with E-state index in [1.807, 2.05) is 46.3 Å². The number of hydrogen-bond donors (Lipinski definition) is 0. The van der Waals surface area contributed by atoms with Crippen molar-refractivity contribution in [1.29, 1.82) is 0 Å². The average molecular weight is 1230 g/mol. The van der Waals surface area contributed by atoms with Crippen LogP contribution in [0.4, 0.5) is 21.9 Å². The number of benzene rings is 4. The summed E-state index contributed by atoms with van der Waals surface area (Å²) in [6.07, 6.45) is 11.0. The molecule has 0 atom stereocenters. The highest BCUT2D eigenvalue weighted by molar-refractivity contribution is 14.1. The predicted octanol–water partition coefficient (Wildman–Crippen LogP) is 13.7. The number of alkyl halides is 2. The van der Waals surface area contributed by atoms with Crippen LogP contribution < -0.4 is 29.1 Å². The Labute approximate surface area is 411 Å². The number of methoxy groups -OCH3 is 2. The molecule has 2 aliphatic rings. The second kappa shape index (κ2) is 25.5. The van der Waals surface area contributed by atoms with Gasteiger partial charge < -0.3 is 24.5 Å². The maximum atomic E-state index is 9.48. The van der Waals surface area contributed by atoms with Gasteiger partial charge in [-0.1, -0.05) is 97.6 Å². The number of nitrogens with zero attached hydrogens (tertiary/aromatic N) is 3. The quantitative estimate of drug-likeness (QED) is 0.0320. The van der Waals surface area contributed by atoms with Crippen molar-refractivity contribution in [3.05, 3.63) is 140 Å². The Morgan fingerprint density at radius 3 is 1.98 bits per heavy atom. The van der Waals surface area contributed by atoms with Gasteiger partial charge in [-0.2, -0.15) is 4.57 Å². The molecule has 1 aliphatic carbocycles. The third-order valence-electron chi connectivity index (χ3n) is 9.13. The molecule has 0 saturated heterocycles. The first-order valence-electron chi connectivity index (χ1n) is 18.4. The molecular weight excluding hydrogens is 1180 g/mol. The average Bonchev–Trinajstić information content (AvgIpc) is 3.96. The highest BCUT2D eigenvalue weighted by Crippen LogP contribution is 2.48. The fourth-order valence-electron chi connectivity index (χ4n) is 6.60. The first kappa shape index (κ1) is 50.1. The first-order valence-corrected chi connectivity index (χ1v) is 26.1. The van der Waals surface area contributed by atoms with Crippen molar-refractivity contribution in [2.75, 3.05) is 40.4 Å². The minimum atomic E-state index is -0.775. The zero-order valence-corrected chi connectivity index (χ0v) is 43.3. The number of carbonyl (C=O) groups is 1. The number of aromatic nitrogens is 1. The fraction of sp³-hybridized carbons (Fsp3) is 0.227. The highest BCUT2D eigenvalue weighted by atomic mass is 127. The SMILES string of the molecule is CCN1/C(=C\C=C2CCC(/C=C/c3sc4ccc(OC)cc4[n+]3CC)=C2N(c2ccc(Cl)cc2)c2ccc(Cl)cc2)Sc2ccc(OC)cc21.CI.CI.O=C(I)OO[O-]. The molecule has 9 nitrogen and oxygen atoms in total. The molecular formula is C44H44Cl2I3N3O6S2. The number of rotatable bonds is 11. The monoisotopic (exact) mass is 1220 g/mol. The van der Waals surface area contributed by atoms with E-state index in [9.17, 15) is 4.79 Å². The lowest BCUT2D eigenvalue weighted by molar-refractivity contribution is -0.784. The summed E-state index contributed by atoms with van der Waals surface area (Å²) in [4.78, 5) is 22.7. The van der Waals surface area contributed by atoms with Crippen LogP contribution in [0.5, 0.6) is 11.5 Å². The Bertz CT molecular complexity index is 2290. The molecule has 0 spiro atoms. The van der Waals surface area contributed by atoms with Crippen LogP contribution in [0.3, 0.4) is 0 Å². The van der Waals surface area contributed by atoms with Gasteiger partial charge in [-0.25, -0.2) is 9.83 Å².